The molecule has 3 rings (SSSR count). The van der Waals surface area contributed by atoms with Crippen molar-refractivity contribution in [3.05, 3.63) is 24.3 Å². The lowest BCUT2D eigenvalue weighted by Gasteiger charge is -2.31. The lowest BCUT2D eigenvalue weighted by molar-refractivity contribution is 0.187. The molecule has 0 amide bonds. The molecule has 28 heavy (non-hydrogen) atoms. The maximum Gasteiger partial charge on any atom is 0.119 e. The van der Waals surface area contributed by atoms with Crippen molar-refractivity contribution in [2.75, 3.05) is 13.2 Å². The average Bonchev–Trinajstić information content (AvgIpc) is 2.73. The molecule has 2 nitrogen and oxygen atoms in total. The van der Waals surface area contributed by atoms with Gasteiger partial charge in [0, 0.05) is 0 Å². The van der Waals surface area contributed by atoms with Gasteiger partial charge in [0.25, 0.3) is 0 Å². The van der Waals surface area contributed by atoms with Gasteiger partial charge in [-0.05, 0) is 73.6 Å². The van der Waals surface area contributed by atoms with Gasteiger partial charge in [0.15, 0.2) is 0 Å². The first-order chi connectivity index (χ1) is 13.7. The zero-order chi connectivity index (χ0) is 19.6. The Bertz CT molecular complexity index is 528. The number of benzene rings is 1. The van der Waals surface area contributed by atoms with E-state index in [-0.39, 0.29) is 0 Å². The summed E-state index contributed by atoms with van der Waals surface area (Å²) in [5.74, 6) is 5.52. The van der Waals surface area contributed by atoms with Crippen LogP contribution >= 0.6 is 0 Å². The van der Waals surface area contributed by atoms with Crippen LogP contribution in [0.1, 0.15) is 90.9 Å². The number of hydrogen-bond acceptors (Lipinski definition) is 2. The predicted octanol–water partition coefficient (Wildman–Crippen LogP) is 7.66. The molecule has 0 spiro atoms. The highest BCUT2D eigenvalue weighted by Gasteiger charge is 2.23. The Balaban J connectivity index is 1.32. The van der Waals surface area contributed by atoms with Crippen LogP contribution in [0.4, 0.5) is 0 Å². The zero-order valence-electron chi connectivity index (χ0n) is 18.3. The van der Waals surface area contributed by atoms with Gasteiger partial charge in [0.1, 0.15) is 11.5 Å². The lowest BCUT2D eigenvalue weighted by Crippen LogP contribution is -2.20. The standard InChI is InChI=1S/C26H42O2/c1-3-7-23-8-4-5-9-24(23)10-6-19-27-25-15-17-26(18-16-25)28-20-22-13-11-21(2)12-14-22/h15-18,21-24H,3-14,19-20H2,1-2H3. The van der Waals surface area contributed by atoms with Crippen molar-refractivity contribution >= 4 is 0 Å². The summed E-state index contributed by atoms with van der Waals surface area (Å²) in [5.41, 5.74) is 0. The van der Waals surface area contributed by atoms with Crippen molar-refractivity contribution in [3.8, 4) is 11.5 Å². The van der Waals surface area contributed by atoms with Gasteiger partial charge in [-0.3, -0.25) is 0 Å². The Labute approximate surface area is 173 Å². The van der Waals surface area contributed by atoms with Crippen molar-refractivity contribution in [1.29, 1.82) is 0 Å². The predicted molar refractivity (Wildman–Crippen MR) is 118 cm³/mol. The summed E-state index contributed by atoms with van der Waals surface area (Å²) in [7, 11) is 0. The second-order valence-corrected chi connectivity index (χ2v) is 9.49. The van der Waals surface area contributed by atoms with E-state index in [1.54, 1.807) is 0 Å². The third-order valence-corrected chi connectivity index (χ3v) is 7.16. The van der Waals surface area contributed by atoms with E-state index in [2.05, 4.69) is 38.1 Å². The van der Waals surface area contributed by atoms with Crippen LogP contribution in [0.25, 0.3) is 0 Å². The van der Waals surface area contributed by atoms with E-state index in [0.717, 1.165) is 48.4 Å². The van der Waals surface area contributed by atoms with Gasteiger partial charge in [-0.2, -0.15) is 0 Å². The number of rotatable bonds is 10. The monoisotopic (exact) mass is 386 g/mol. The van der Waals surface area contributed by atoms with E-state index in [1.165, 1.54) is 77.0 Å². The SMILES string of the molecule is CCCC1CCCCC1CCCOc1ccc(OCC2CCC(C)CC2)cc1. The summed E-state index contributed by atoms with van der Waals surface area (Å²) in [5, 5.41) is 0. The molecule has 2 aliphatic carbocycles. The molecule has 0 radical (unpaired) electrons. The van der Waals surface area contributed by atoms with Crippen LogP contribution in [0, 0.1) is 23.7 Å². The fraction of sp³-hybridized carbons (Fsp3) is 0.769. The molecule has 0 heterocycles. The van der Waals surface area contributed by atoms with Gasteiger partial charge < -0.3 is 9.47 Å². The molecular formula is C26H42O2. The summed E-state index contributed by atoms with van der Waals surface area (Å²) in [6.45, 7) is 6.41. The van der Waals surface area contributed by atoms with Gasteiger partial charge in [-0.15, -0.1) is 0 Å². The Kier molecular flexibility index (Phi) is 9.02. The smallest absolute Gasteiger partial charge is 0.119 e. The molecule has 0 aromatic heterocycles. The van der Waals surface area contributed by atoms with Gasteiger partial charge >= 0.3 is 0 Å². The summed E-state index contributed by atoms with van der Waals surface area (Å²) < 4.78 is 12.0. The van der Waals surface area contributed by atoms with Crippen molar-refractivity contribution in [3.63, 3.8) is 0 Å². The quantitative estimate of drug-likeness (QED) is 0.384. The molecule has 2 atom stereocenters. The molecule has 1 aromatic carbocycles. The molecule has 1 aromatic rings. The molecule has 0 aliphatic heterocycles. The maximum atomic E-state index is 6.02. The minimum Gasteiger partial charge on any atom is -0.494 e. The Morgan fingerprint density at radius 2 is 1.39 bits per heavy atom. The second-order valence-electron chi connectivity index (χ2n) is 9.49. The van der Waals surface area contributed by atoms with E-state index >= 15 is 0 Å². The normalized spacial score (nSPS) is 28.1. The fourth-order valence-electron chi connectivity index (χ4n) is 5.29. The number of hydrogen-bond donors (Lipinski definition) is 0. The van der Waals surface area contributed by atoms with Crippen LogP contribution in [0.5, 0.6) is 11.5 Å². The van der Waals surface area contributed by atoms with Crippen LogP contribution in [-0.2, 0) is 0 Å². The molecule has 2 heteroatoms. The van der Waals surface area contributed by atoms with E-state index in [4.69, 9.17) is 9.47 Å². The molecule has 2 saturated carbocycles. The van der Waals surface area contributed by atoms with Crippen LogP contribution in [0.2, 0.25) is 0 Å². The van der Waals surface area contributed by atoms with Crippen LogP contribution in [0.3, 0.4) is 0 Å². The lowest BCUT2D eigenvalue weighted by atomic mass is 9.75. The summed E-state index contributed by atoms with van der Waals surface area (Å²) >= 11 is 0. The molecule has 2 aliphatic rings. The van der Waals surface area contributed by atoms with Crippen molar-refractivity contribution in [1.82, 2.24) is 0 Å². The van der Waals surface area contributed by atoms with Gasteiger partial charge in [-0.25, -0.2) is 0 Å². The highest BCUT2D eigenvalue weighted by atomic mass is 16.5. The fourth-order valence-corrected chi connectivity index (χ4v) is 5.29. The van der Waals surface area contributed by atoms with E-state index in [1.807, 2.05) is 0 Å². The minimum absolute atomic E-state index is 0.739. The van der Waals surface area contributed by atoms with E-state index in [0.29, 0.717) is 0 Å². The summed E-state index contributed by atoms with van der Waals surface area (Å²) in [4.78, 5) is 0. The third-order valence-electron chi connectivity index (χ3n) is 7.16. The zero-order valence-corrected chi connectivity index (χ0v) is 18.3. The molecule has 2 fully saturated rings. The molecule has 2 unspecified atom stereocenters. The highest BCUT2D eigenvalue weighted by molar-refractivity contribution is 5.31. The first-order valence-corrected chi connectivity index (χ1v) is 12.1. The number of ether oxygens (including phenoxy) is 2. The molecule has 158 valence electrons. The van der Waals surface area contributed by atoms with Crippen LogP contribution < -0.4 is 9.47 Å². The summed E-state index contributed by atoms with van der Waals surface area (Å²) in [6, 6.07) is 8.27. The first kappa shape index (κ1) is 21.5. The van der Waals surface area contributed by atoms with Gasteiger partial charge in [-0.1, -0.05) is 65.2 Å². The average molecular weight is 387 g/mol. The van der Waals surface area contributed by atoms with Crippen molar-refractivity contribution < 1.29 is 9.47 Å². The summed E-state index contributed by atoms with van der Waals surface area (Å²) in [6.07, 6.45) is 16.4. The highest BCUT2D eigenvalue weighted by Crippen LogP contribution is 2.36. The topological polar surface area (TPSA) is 18.5 Å². The van der Waals surface area contributed by atoms with Crippen LogP contribution in [-0.4, -0.2) is 13.2 Å². The maximum absolute atomic E-state index is 6.02. The Hall–Kier alpha value is -1.18. The first-order valence-electron chi connectivity index (χ1n) is 12.1. The van der Waals surface area contributed by atoms with Gasteiger partial charge in [0.2, 0.25) is 0 Å². The Morgan fingerprint density at radius 1 is 0.786 bits per heavy atom. The molecular weight excluding hydrogens is 344 g/mol. The van der Waals surface area contributed by atoms with Crippen molar-refractivity contribution in [2.45, 2.75) is 90.9 Å². The Morgan fingerprint density at radius 3 is 2.04 bits per heavy atom. The van der Waals surface area contributed by atoms with Crippen molar-refractivity contribution in [2.24, 2.45) is 23.7 Å². The minimum atomic E-state index is 0.739. The molecule has 0 N–H and O–H groups in total. The largest absolute Gasteiger partial charge is 0.494 e. The van der Waals surface area contributed by atoms with E-state index in [9.17, 15) is 0 Å². The van der Waals surface area contributed by atoms with E-state index < -0.39 is 0 Å². The van der Waals surface area contributed by atoms with Gasteiger partial charge in [0.05, 0.1) is 13.2 Å². The third kappa shape index (κ3) is 7.01. The second kappa shape index (κ2) is 11.7. The molecule has 0 saturated heterocycles. The van der Waals surface area contributed by atoms with Crippen LogP contribution in [0.15, 0.2) is 24.3 Å². The molecule has 0 bridgehead atoms.